The van der Waals surface area contributed by atoms with Crippen LogP contribution in [0.25, 0.3) is 0 Å². The summed E-state index contributed by atoms with van der Waals surface area (Å²) in [6, 6.07) is 4.10. The zero-order valence-corrected chi connectivity index (χ0v) is 14.2. The SMILES string of the molecule is O=C(c1ccc(F)c(Cl)c1)N1CC[C@@]2(C[C@H](OCC3CC3)CO2)C1. The molecule has 1 spiro atoms. The van der Waals surface area contributed by atoms with Crippen LogP contribution in [0.2, 0.25) is 5.02 Å². The van der Waals surface area contributed by atoms with E-state index >= 15 is 0 Å². The summed E-state index contributed by atoms with van der Waals surface area (Å²) in [5.41, 5.74) is 0.131. The number of likely N-dealkylation sites (tertiary alicyclic amines) is 1. The highest BCUT2D eigenvalue weighted by atomic mass is 35.5. The number of hydrogen-bond acceptors (Lipinski definition) is 3. The van der Waals surface area contributed by atoms with E-state index in [4.69, 9.17) is 21.1 Å². The Hall–Kier alpha value is -1.17. The van der Waals surface area contributed by atoms with Crippen molar-refractivity contribution in [3.63, 3.8) is 0 Å². The van der Waals surface area contributed by atoms with Crippen molar-refractivity contribution in [1.29, 1.82) is 0 Å². The predicted octanol–water partition coefficient (Wildman–Crippen LogP) is 3.28. The lowest BCUT2D eigenvalue weighted by Crippen LogP contribution is -2.36. The molecule has 130 valence electrons. The number of hydrogen-bond donors (Lipinski definition) is 0. The summed E-state index contributed by atoms with van der Waals surface area (Å²) in [5, 5.41) is -0.0274. The molecule has 2 saturated heterocycles. The first-order valence-corrected chi connectivity index (χ1v) is 8.92. The van der Waals surface area contributed by atoms with E-state index in [0.717, 1.165) is 25.4 Å². The maximum Gasteiger partial charge on any atom is 0.254 e. The van der Waals surface area contributed by atoms with Crippen molar-refractivity contribution < 1.29 is 18.7 Å². The summed E-state index contributed by atoms with van der Waals surface area (Å²) in [7, 11) is 0. The molecule has 2 heterocycles. The van der Waals surface area contributed by atoms with Crippen molar-refractivity contribution in [3.05, 3.63) is 34.6 Å². The van der Waals surface area contributed by atoms with Crippen LogP contribution in [0.3, 0.4) is 0 Å². The van der Waals surface area contributed by atoms with Gasteiger partial charge in [0, 0.05) is 25.1 Å². The second kappa shape index (κ2) is 6.28. The number of ether oxygens (including phenoxy) is 2. The fourth-order valence-corrected chi connectivity index (χ4v) is 3.76. The molecule has 0 bridgehead atoms. The van der Waals surface area contributed by atoms with Crippen LogP contribution in [-0.2, 0) is 9.47 Å². The molecule has 4 nitrogen and oxygen atoms in total. The Morgan fingerprint density at radius 1 is 1.46 bits per heavy atom. The number of benzene rings is 1. The standard InChI is InChI=1S/C18H21ClFNO3/c19-15-7-13(3-4-16(15)20)17(22)21-6-5-18(11-21)8-14(10-24-18)23-9-12-1-2-12/h3-4,7,12,14H,1-2,5-6,8-11H2/t14-,18+/m0/s1. The third kappa shape index (κ3) is 3.30. The van der Waals surface area contributed by atoms with E-state index in [9.17, 15) is 9.18 Å². The molecule has 1 aliphatic carbocycles. The zero-order valence-electron chi connectivity index (χ0n) is 13.5. The van der Waals surface area contributed by atoms with Crippen LogP contribution in [0, 0.1) is 11.7 Å². The summed E-state index contributed by atoms with van der Waals surface area (Å²) in [5.74, 6) is 0.104. The first kappa shape index (κ1) is 16.3. The molecule has 2 atom stereocenters. The minimum Gasteiger partial charge on any atom is -0.375 e. The van der Waals surface area contributed by atoms with Gasteiger partial charge in [0.25, 0.3) is 5.91 Å². The normalized spacial score (nSPS) is 29.6. The number of amides is 1. The molecule has 2 aliphatic heterocycles. The molecule has 3 aliphatic rings. The molecule has 4 rings (SSSR count). The summed E-state index contributed by atoms with van der Waals surface area (Å²) in [6.07, 6.45) is 4.36. The molecule has 0 radical (unpaired) electrons. The van der Waals surface area contributed by atoms with E-state index < -0.39 is 5.82 Å². The van der Waals surface area contributed by atoms with Gasteiger partial charge in [-0.05, 0) is 43.4 Å². The second-order valence-electron chi connectivity index (χ2n) is 7.20. The van der Waals surface area contributed by atoms with Crippen molar-refractivity contribution in [2.45, 2.75) is 37.4 Å². The average molecular weight is 354 g/mol. The van der Waals surface area contributed by atoms with Gasteiger partial charge in [-0.15, -0.1) is 0 Å². The van der Waals surface area contributed by atoms with Crippen molar-refractivity contribution in [3.8, 4) is 0 Å². The zero-order chi connectivity index (χ0) is 16.7. The molecule has 0 N–H and O–H groups in total. The van der Waals surface area contributed by atoms with Crippen LogP contribution in [0.1, 0.15) is 36.0 Å². The van der Waals surface area contributed by atoms with Crippen LogP contribution in [-0.4, -0.2) is 48.8 Å². The fourth-order valence-electron chi connectivity index (χ4n) is 3.58. The van der Waals surface area contributed by atoms with Gasteiger partial charge in [0.1, 0.15) is 5.82 Å². The van der Waals surface area contributed by atoms with Gasteiger partial charge in [0.05, 0.1) is 29.9 Å². The Bertz CT molecular complexity index is 651. The van der Waals surface area contributed by atoms with Crippen LogP contribution < -0.4 is 0 Å². The van der Waals surface area contributed by atoms with Crippen molar-refractivity contribution in [2.75, 3.05) is 26.3 Å². The molecule has 24 heavy (non-hydrogen) atoms. The highest BCUT2D eigenvalue weighted by Crippen LogP contribution is 2.38. The summed E-state index contributed by atoms with van der Waals surface area (Å²) >= 11 is 5.78. The van der Waals surface area contributed by atoms with Gasteiger partial charge in [0.15, 0.2) is 0 Å². The van der Waals surface area contributed by atoms with Crippen molar-refractivity contribution in [2.24, 2.45) is 5.92 Å². The molecule has 6 heteroatoms. The summed E-state index contributed by atoms with van der Waals surface area (Å²) < 4.78 is 25.2. The fraction of sp³-hybridized carbons (Fsp3) is 0.611. The average Bonchev–Trinajstić information content (AvgIpc) is 3.19. The maximum atomic E-state index is 13.3. The van der Waals surface area contributed by atoms with Gasteiger partial charge in [0.2, 0.25) is 0 Å². The summed E-state index contributed by atoms with van der Waals surface area (Å²) in [4.78, 5) is 14.4. The molecular weight excluding hydrogens is 333 g/mol. The number of nitrogens with zero attached hydrogens (tertiary/aromatic N) is 1. The molecule has 1 saturated carbocycles. The lowest BCUT2D eigenvalue weighted by molar-refractivity contribution is 0.00157. The molecule has 0 unspecified atom stereocenters. The predicted molar refractivity (Wildman–Crippen MR) is 87.7 cm³/mol. The van der Waals surface area contributed by atoms with Crippen LogP contribution in [0.4, 0.5) is 4.39 Å². The van der Waals surface area contributed by atoms with E-state index in [1.54, 1.807) is 4.90 Å². The Kier molecular flexibility index (Phi) is 4.27. The lowest BCUT2D eigenvalue weighted by atomic mass is 9.98. The largest absolute Gasteiger partial charge is 0.375 e. The third-order valence-corrected chi connectivity index (χ3v) is 5.50. The monoisotopic (exact) mass is 353 g/mol. The lowest BCUT2D eigenvalue weighted by Gasteiger charge is -2.23. The second-order valence-corrected chi connectivity index (χ2v) is 7.61. The number of rotatable bonds is 4. The third-order valence-electron chi connectivity index (χ3n) is 5.21. The van der Waals surface area contributed by atoms with Gasteiger partial charge in [-0.3, -0.25) is 4.79 Å². The highest BCUT2D eigenvalue weighted by Gasteiger charge is 2.47. The number of carbonyl (C=O) groups excluding carboxylic acids is 1. The molecule has 1 aromatic carbocycles. The van der Waals surface area contributed by atoms with Crippen LogP contribution in [0.5, 0.6) is 0 Å². The smallest absolute Gasteiger partial charge is 0.254 e. The highest BCUT2D eigenvalue weighted by molar-refractivity contribution is 6.31. The van der Waals surface area contributed by atoms with E-state index in [1.807, 2.05) is 0 Å². The van der Waals surface area contributed by atoms with Gasteiger partial charge in [-0.1, -0.05) is 11.6 Å². The Labute approximate surface area is 145 Å². The van der Waals surface area contributed by atoms with E-state index in [2.05, 4.69) is 0 Å². The minimum absolute atomic E-state index is 0.0274. The van der Waals surface area contributed by atoms with Crippen molar-refractivity contribution >= 4 is 17.5 Å². The van der Waals surface area contributed by atoms with E-state index in [1.165, 1.54) is 31.0 Å². The van der Waals surface area contributed by atoms with Crippen molar-refractivity contribution in [1.82, 2.24) is 4.90 Å². The first-order chi connectivity index (χ1) is 11.5. The Morgan fingerprint density at radius 2 is 2.29 bits per heavy atom. The molecule has 0 aromatic heterocycles. The number of halogens is 2. The first-order valence-electron chi connectivity index (χ1n) is 8.55. The van der Waals surface area contributed by atoms with Crippen LogP contribution in [0.15, 0.2) is 18.2 Å². The van der Waals surface area contributed by atoms with E-state index in [0.29, 0.717) is 25.3 Å². The number of carbonyl (C=O) groups is 1. The Balaban J connectivity index is 1.37. The summed E-state index contributed by atoms with van der Waals surface area (Å²) in [6.45, 7) is 2.64. The van der Waals surface area contributed by atoms with Gasteiger partial charge in [-0.25, -0.2) is 4.39 Å². The molecule has 3 fully saturated rings. The Morgan fingerprint density at radius 3 is 3.04 bits per heavy atom. The van der Waals surface area contributed by atoms with Gasteiger partial charge in [-0.2, -0.15) is 0 Å². The maximum absolute atomic E-state index is 13.3. The topological polar surface area (TPSA) is 38.8 Å². The molecule has 1 aromatic rings. The van der Waals surface area contributed by atoms with Gasteiger partial charge < -0.3 is 14.4 Å². The molecular formula is C18H21ClFNO3. The molecule has 1 amide bonds. The van der Waals surface area contributed by atoms with Crippen LogP contribution >= 0.6 is 11.6 Å². The quantitative estimate of drug-likeness (QED) is 0.833. The van der Waals surface area contributed by atoms with E-state index in [-0.39, 0.29) is 22.6 Å². The van der Waals surface area contributed by atoms with Gasteiger partial charge >= 0.3 is 0 Å². The minimum atomic E-state index is -0.513.